The highest BCUT2D eigenvalue weighted by molar-refractivity contribution is 5.76. The van der Waals surface area contributed by atoms with Crippen molar-refractivity contribution in [2.45, 2.75) is 39.5 Å². The van der Waals surface area contributed by atoms with Gasteiger partial charge in [0.25, 0.3) is 0 Å². The number of carbonyl (C=O) groups is 1. The Bertz CT molecular complexity index is 391. The van der Waals surface area contributed by atoms with E-state index in [1.54, 1.807) is 0 Å². The van der Waals surface area contributed by atoms with Crippen LogP contribution in [0.3, 0.4) is 0 Å². The number of amides is 1. The van der Waals surface area contributed by atoms with E-state index in [4.69, 9.17) is 0 Å². The normalized spacial score (nSPS) is 16.9. The fraction of sp³-hybridized carbons (Fsp3) is 0.588. The molecule has 0 N–H and O–H groups in total. The monoisotopic (exact) mass is 259 g/mol. The number of carbonyl (C=O) groups excluding carboxylic acids is 1. The smallest absolute Gasteiger partial charge is 0.222 e. The van der Waals surface area contributed by atoms with Crippen molar-refractivity contribution in [3.8, 4) is 0 Å². The zero-order chi connectivity index (χ0) is 13.7. The molecule has 1 heterocycles. The minimum atomic E-state index is 0.341. The van der Waals surface area contributed by atoms with Crippen LogP contribution in [0, 0.1) is 11.8 Å². The van der Waals surface area contributed by atoms with Gasteiger partial charge in [-0.2, -0.15) is 0 Å². The molecule has 0 saturated carbocycles. The van der Waals surface area contributed by atoms with Gasteiger partial charge in [0.2, 0.25) is 5.91 Å². The molecule has 2 heteroatoms. The van der Waals surface area contributed by atoms with Crippen LogP contribution in [0.25, 0.3) is 0 Å². The lowest BCUT2D eigenvalue weighted by molar-refractivity contribution is -0.133. The average Bonchev–Trinajstić information content (AvgIpc) is 2.40. The first-order valence-electron chi connectivity index (χ1n) is 7.47. The molecule has 1 fully saturated rings. The highest BCUT2D eigenvalue weighted by Gasteiger charge is 2.23. The molecule has 19 heavy (non-hydrogen) atoms. The number of rotatable bonds is 4. The first kappa shape index (κ1) is 14.1. The fourth-order valence-electron chi connectivity index (χ4n) is 2.81. The maximum Gasteiger partial charge on any atom is 0.222 e. The van der Waals surface area contributed by atoms with Crippen LogP contribution < -0.4 is 0 Å². The molecule has 0 aromatic heterocycles. The van der Waals surface area contributed by atoms with Crippen LogP contribution in [-0.4, -0.2) is 23.9 Å². The topological polar surface area (TPSA) is 20.3 Å². The molecule has 104 valence electrons. The lowest BCUT2D eigenvalue weighted by Crippen LogP contribution is -2.39. The van der Waals surface area contributed by atoms with Crippen molar-refractivity contribution in [2.75, 3.05) is 13.1 Å². The van der Waals surface area contributed by atoms with Gasteiger partial charge in [-0.15, -0.1) is 0 Å². The van der Waals surface area contributed by atoms with Crippen LogP contribution in [0.2, 0.25) is 0 Å². The number of piperidine rings is 1. The first-order chi connectivity index (χ1) is 9.15. The van der Waals surface area contributed by atoms with Crippen molar-refractivity contribution in [1.82, 2.24) is 4.90 Å². The highest BCUT2D eigenvalue weighted by Crippen LogP contribution is 2.22. The van der Waals surface area contributed by atoms with E-state index >= 15 is 0 Å². The zero-order valence-corrected chi connectivity index (χ0v) is 12.1. The molecule has 0 bridgehead atoms. The second-order valence-electron chi connectivity index (χ2n) is 6.11. The molecule has 0 aliphatic carbocycles. The Kier molecular flexibility index (Phi) is 5.00. The lowest BCUT2D eigenvalue weighted by atomic mass is 9.90. The van der Waals surface area contributed by atoms with Crippen LogP contribution in [-0.2, 0) is 11.2 Å². The van der Waals surface area contributed by atoms with Gasteiger partial charge < -0.3 is 4.90 Å². The summed E-state index contributed by atoms with van der Waals surface area (Å²) < 4.78 is 0. The summed E-state index contributed by atoms with van der Waals surface area (Å²) in [5.41, 5.74) is 1.43. The van der Waals surface area contributed by atoms with E-state index in [-0.39, 0.29) is 0 Å². The van der Waals surface area contributed by atoms with Crippen molar-refractivity contribution < 1.29 is 4.79 Å². The van der Waals surface area contributed by atoms with Gasteiger partial charge >= 0.3 is 0 Å². The Hall–Kier alpha value is -1.31. The van der Waals surface area contributed by atoms with E-state index in [9.17, 15) is 4.79 Å². The van der Waals surface area contributed by atoms with Gasteiger partial charge in [0.05, 0.1) is 0 Å². The van der Waals surface area contributed by atoms with Gasteiger partial charge in [0, 0.05) is 19.5 Å². The van der Waals surface area contributed by atoms with Crippen molar-refractivity contribution in [3.63, 3.8) is 0 Å². The molecule has 1 saturated heterocycles. The Labute approximate surface area is 116 Å². The summed E-state index contributed by atoms with van der Waals surface area (Å²) in [5.74, 6) is 1.55. The van der Waals surface area contributed by atoms with Gasteiger partial charge in [-0.25, -0.2) is 0 Å². The summed E-state index contributed by atoms with van der Waals surface area (Å²) in [6, 6.07) is 10.7. The van der Waals surface area contributed by atoms with E-state index in [1.165, 1.54) is 5.56 Å². The third kappa shape index (κ3) is 4.38. The summed E-state index contributed by atoms with van der Waals surface area (Å²) >= 11 is 0. The number of likely N-dealkylation sites (tertiary alicyclic amines) is 1. The second-order valence-corrected chi connectivity index (χ2v) is 6.11. The molecular weight excluding hydrogens is 234 g/mol. The van der Waals surface area contributed by atoms with Crippen LogP contribution in [0.5, 0.6) is 0 Å². The number of nitrogens with zero attached hydrogens (tertiary/aromatic N) is 1. The fourth-order valence-corrected chi connectivity index (χ4v) is 2.81. The SMILES string of the molecule is CC(C)CC(=O)N1CCC(Cc2ccccc2)CC1. The number of hydrogen-bond donors (Lipinski definition) is 0. The molecule has 2 rings (SSSR count). The standard InChI is InChI=1S/C17H25NO/c1-14(2)12-17(19)18-10-8-16(9-11-18)13-15-6-4-3-5-7-15/h3-7,14,16H,8-13H2,1-2H3. The van der Waals surface area contributed by atoms with Crippen molar-refractivity contribution in [3.05, 3.63) is 35.9 Å². The highest BCUT2D eigenvalue weighted by atomic mass is 16.2. The first-order valence-corrected chi connectivity index (χ1v) is 7.47. The number of benzene rings is 1. The third-order valence-corrected chi connectivity index (χ3v) is 3.92. The van der Waals surface area contributed by atoms with E-state index < -0.39 is 0 Å². The van der Waals surface area contributed by atoms with E-state index in [2.05, 4.69) is 49.1 Å². The second kappa shape index (κ2) is 6.74. The molecule has 0 spiro atoms. The Morgan fingerprint density at radius 3 is 2.42 bits per heavy atom. The van der Waals surface area contributed by atoms with Crippen LogP contribution in [0.15, 0.2) is 30.3 Å². The molecular formula is C17H25NO. The van der Waals surface area contributed by atoms with Gasteiger partial charge in [0.1, 0.15) is 0 Å². The molecule has 1 aromatic rings. The van der Waals surface area contributed by atoms with E-state index in [0.717, 1.165) is 38.3 Å². The molecule has 1 amide bonds. The summed E-state index contributed by atoms with van der Waals surface area (Å²) in [6.07, 6.45) is 4.16. The summed E-state index contributed by atoms with van der Waals surface area (Å²) in [5, 5.41) is 0. The summed E-state index contributed by atoms with van der Waals surface area (Å²) in [7, 11) is 0. The van der Waals surface area contributed by atoms with Gasteiger partial charge in [-0.1, -0.05) is 44.2 Å². The zero-order valence-electron chi connectivity index (χ0n) is 12.1. The van der Waals surface area contributed by atoms with Crippen molar-refractivity contribution in [2.24, 2.45) is 11.8 Å². The maximum absolute atomic E-state index is 12.0. The molecule has 2 nitrogen and oxygen atoms in total. The van der Waals surface area contributed by atoms with Crippen molar-refractivity contribution in [1.29, 1.82) is 0 Å². The average molecular weight is 259 g/mol. The predicted molar refractivity (Wildman–Crippen MR) is 78.9 cm³/mol. The molecule has 0 atom stereocenters. The predicted octanol–water partition coefficient (Wildman–Crippen LogP) is 3.51. The van der Waals surface area contributed by atoms with Gasteiger partial charge in [0.15, 0.2) is 0 Å². The Balaban J connectivity index is 1.78. The van der Waals surface area contributed by atoms with Crippen molar-refractivity contribution >= 4 is 5.91 Å². The summed E-state index contributed by atoms with van der Waals surface area (Å²) in [4.78, 5) is 14.1. The summed E-state index contributed by atoms with van der Waals surface area (Å²) in [6.45, 7) is 6.12. The molecule has 1 aliphatic heterocycles. The van der Waals surface area contributed by atoms with Crippen LogP contribution in [0.1, 0.15) is 38.7 Å². The molecule has 0 unspecified atom stereocenters. The molecule has 1 aromatic carbocycles. The largest absolute Gasteiger partial charge is 0.343 e. The quantitative estimate of drug-likeness (QED) is 0.810. The minimum absolute atomic E-state index is 0.341. The Morgan fingerprint density at radius 1 is 1.21 bits per heavy atom. The van der Waals surface area contributed by atoms with Gasteiger partial charge in [-0.3, -0.25) is 4.79 Å². The van der Waals surface area contributed by atoms with E-state index in [1.807, 2.05) is 0 Å². The van der Waals surface area contributed by atoms with Crippen LogP contribution in [0.4, 0.5) is 0 Å². The maximum atomic E-state index is 12.0. The van der Waals surface area contributed by atoms with Gasteiger partial charge in [-0.05, 0) is 36.7 Å². The molecule has 1 aliphatic rings. The lowest BCUT2D eigenvalue weighted by Gasteiger charge is -2.32. The third-order valence-electron chi connectivity index (χ3n) is 3.92. The van der Waals surface area contributed by atoms with Crippen LogP contribution >= 0.6 is 0 Å². The Morgan fingerprint density at radius 2 is 1.84 bits per heavy atom. The molecule has 0 radical (unpaired) electrons. The number of hydrogen-bond acceptors (Lipinski definition) is 1. The van der Waals surface area contributed by atoms with E-state index in [0.29, 0.717) is 18.2 Å². The minimum Gasteiger partial charge on any atom is -0.343 e.